The van der Waals surface area contributed by atoms with Gasteiger partial charge in [-0.05, 0) is 0 Å². The smallest absolute Gasteiger partial charge is 0.511 e. The molecule has 0 N–H and O–H groups in total. The minimum atomic E-state index is 0. The van der Waals surface area contributed by atoms with Crippen molar-refractivity contribution in [2.75, 3.05) is 40.6 Å². The van der Waals surface area contributed by atoms with Gasteiger partial charge in [0.15, 0.2) is 0 Å². The third-order valence-corrected chi connectivity index (χ3v) is 1.49. The Morgan fingerprint density at radius 3 is 1.29 bits per heavy atom. The zero-order valence-corrected chi connectivity index (χ0v) is 13.7. The molecule has 0 aromatic carbocycles. The third-order valence-electron chi connectivity index (χ3n) is 1.01. The average Bonchev–Trinajstić information content (AvgIpc) is 2.18. The Labute approximate surface area is 134 Å². The molecule has 4 nitrogen and oxygen atoms in total. The summed E-state index contributed by atoms with van der Waals surface area (Å²) >= 11 is 17.8. The summed E-state index contributed by atoms with van der Waals surface area (Å²) in [5.74, 6) is 0. The molecule has 0 fully saturated rings. The second-order valence-electron chi connectivity index (χ2n) is 2.18. The molecule has 0 heterocycles. The van der Waals surface area contributed by atoms with Gasteiger partial charge in [0, 0.05) is 23.0 Å². The zero-order chi connectivity index (χ0) is 12.8. The molecule has 0 spiro atoms. The van der Waals surface area contributed by atoms with Crippen LogP contribution in [-0.2, 0) is 60.7 Å². The van der Waals surface area contributed by atoms with Crippen LogP contribution in [0.2, 0.25) is 0 Å². The van der Waals surface area contributed by atoms with Gasteiger partial charge >= 0.3 is 16.5 Å². The standard InChI is InChI=1S/2C4H8O2S2.Ni/c2*1-5-2-3-6-4(7)8;/h2*2-3H2,1H3,(H,7,8);/q;;+2/p-2. The van der Waals surface area contributed by atoms with Crippen LogP contribution in [0.15, 0.2) is 0 Å². The van der Waals surface area contributed by atoms with E-state index in [1.165, 1.54) is 0 Å². The molecule has 0 aromatic rings. The quantitative estimate of drug-likeness (QED) is 0.300. The maximum atomic E-state index is 4.70. The Hall–Kier alpha value is 0.634. The fraction of sp³-hybridized carbons (Fsp3) is 0.750. The molecule has 0 amide bonds. The Morgan fingerprint density at radius 2 is 1.12 bits per heavy atom. The van der Waals surface area contributed by atoms with Crippen molar-refractivity contribution in [3.8, 4) is 0 Å². The summed E-state index contributed by atoms with van der Waals surface area (Å²) in [7, 11) is 3.19. The van der Waals surface area contributed by atoms with Gasteiger partial charge < -0.3 is 68.6 Å². The van der Waals surface area contributed by atoms with Gasteiger partial charge in [-0.3, -0.25) is 0 Å². The number of rotatable bonds is 6. The van der Waals surface area contributed by atoms with E-state index in [0.717, 1.165) is 0 Å². The first-order chi connectivity index (χ1) is 7.54. The fourth-order valence-corrected chi connectivity index (χ4v) is 0.750. The average molecular weight is 361 g/mol. The van der Waals surface area contributed by atoms with Gasteiger partial charge in [-0.15, -0.1) is 0 Å². The molecule has 0 aliphatic heterocycles. The largest absolute Gasteiger partial charge is 2.00 e. The summed E-state index contributed by atoms with van der Waals surface area (Å²) < 4.78 is 19.0. The van der Waals surface area contributed by atoms with E-state index in [1.54, 1.807) is 14.2 Å². The first-order valence-corrected chi connectivity index (χ1v) is 5.83. The van der Waals surface area contributed by atoms with Crippen LogP contribution in [0.4, 0.5) is 0 Å². The van der Waals surface area contributed by atoms with Gasteiger partial charge in [0.2, 0.25) is 0 Å². The molecule has 0 aliphatic rings. The van der Waals surface area contributed by atoms with Crippen molar-refractivity contribution in [1.29, 1.82) is 0 Å². The van der Waals surface area contributed by atoms with Gasteiger partial charge in [0.05, 0.1) is 13.2 Å². The van der Waals surface area contributed by atoms with E-state index in [4.69, 9.17) is 9.47 Å². The Kier molecular flexibility index (Phi) is 25.4. The van der Waals surface area contributed by atoms with Crippen molar-refractivity contribution < 1.29 is 35.4 Å². The molecule has 17 heavy (non-hydrogen) atoms. The number of methoxy groups -OCH3 is 2. The Morgan fingerprint density at radius 1 is 0.824 bits per heavy atom. The van der Waals surface area contributed by atoms with Crippen molar-refractivity contribution >= 4 is 58.5 Å². The second-order valence-corrected chi connectivity index (χ2v) is 4.18. The van der Waals surface area contributed by atoms with E-state index in [-0.39, 0.29) is 25.3 Å². The van der Waals surface area contributed by atoms with Gasteiger partial charge in [-0.1, -0.05) is 0 Å². The molecule has 0 unspecified atom stereocenters. The first-order valence-electron chi connectivity index (χ1n) is 4.20. The Balaban J connectivity index is -0.000000218. The number of thiocarbonyl (C=S) groups is 2. The monoisotopic (exact) mass is 360 g/mol. The van der Waals surface area contributed by atoms with E-state index in [1.807, 2.05) is 0 Å². The molecule has 104 valence electrons. The molecule has 0 saturated carbocycles. The van der Waals surface area contributed by atoms with E-state index in [0.29, 0.717) is 26.4 Å². The van der Waals surface area contributed by atoms with Crippen LogP contribution in [0.5, 0.6) is 0 Å². The fourth-order valence-electron chi connectivity index (χ4n) is 0.417. The normalized spacial score (nSPS) is 8.12. The molecule has 0 rings (SSSR count). The van der Waals surface area contributed by atoms with Crippen molar-refractivity contribution in [1.82, 2.24) is 0 Å². The number of ether oxygens (including phenoxy) is 4. The van der Waals surface area contributed by atoms with Crippen LogP contribution in [0.1, 0.15) is 0 Å². The Bertz CT molecular complexity index is 174. The molecular formula is C8H14NiO4S4. The molecule has 0 aromatic heterocycles. The minimum Gasteiger partial charge on any atom is -0.511 e. The van der Waals surface area contributed by atoms with Crippen LogP contribution in [0.25, 0.3) is 0 Å². The summed E-state index contributed by atoms with van der Waals surface area (Å²) in [6.45, 7) is 1.99. The van der Waals surface area contributed by atoms with Crippen molar-refractivity contribution in [3.05, 3.63) is 0 Å². The first kappa shape index (κ1) is 22.8. The molecule has 9 heteroatoms. The maximum Gasteiger partial charge on any atom is 2.00 e. The van der Waals surface area contributed by atoms with Crippen LogP contribution in [-0.4, -0.2) is 49.4 Å². The summed E-state index contributed by atoms with van der Waals surface area (Å²) in [4.78, 5) is 0. The zero-order valence-electron chi connectivity index (χ0n) is 9.41. The SMILES string of the molecule is COCCOC(=S)[S-].COCCOC(=S)[S-].[Ni+2]. The molecular weight excluding hydrogens is 347 g/mol. The van der Waals surface area contributed by atoms with E-state index >= 15 is 0 Å². The number of hydrogen-bond acceptors (Lipinski definition) is 8. The summed E-state index contributed by atoms with van der Waals surface area (Å²) in [5.41, 5.74) is 0. The van der Waals surface area contributed by atoms with Crippen LogP contribution < -0.4 is 0 Å². The summed E-state index contributed by atoms with van der Waals surface area (Å²) in [6.07, 6.45) is 0. The number of hydrogen-bond donors (Lipinski definition) is 0. The van der Waals surface area contributed by atoms with E-state index in [2.05, 4.69) is 59.2 Å². The molecule has 0 atom stereocenters. The molecule has 0 radical (unpaired) electrons. The van der Waals surface area contributed by atoms with Gasteiger partial charge in [-0.2, -0.15) is 0 Å². The van der Waals surface area contributed by atoms with Crippen LogP contribution in [0, 0.1) is 0 Å². The summed E-state index contributed by atoms with van der Waals surface area (Å²) in [6, 6.07) is 0. The molecule has 0 bridgehead atoms. The minimum absolute atomic E-state index is 0. The van der Waals surface area contributed by atoms with Crippen LogP contribution >= 0.6 is 24.4 Å². The van der Waals surface area contributed by atoms with Crippen LogP contribution in [0.3, 0.4) is 0 Å². The van der Waals surface area contributed by atoms with Gasteiger partial charge in [0.25, 0.3) is 0 Å². The van der Waals surface area contributed by atoms with Gasteiger partial charge in [0.1, 0.15) is 13.2 Å². The summed E-state index contributed by atoms with van der Waals surface area (Å²) in [5, 5.41) is 0. The topological polar surface area (TPSA) is 36.9 Å². The van der Waals surface area contributed by atoms with E-state index < -0.39 is 0 Å². The van der Waals surface area contributed by atoms with Crippen molar-refractivity contribution in [3.63, 3.8) is 0 Å². The third kappa shape index (κ3) is 31.5. The molecule has 0 aliphatic carbocycles. The second kappa shape index (κ2) is 19.0. The maximum absolute atomic E-state index is 4.70. The predicted molar refractivity (Wildman–Crippen MR) is 75.6 cm³/mol. The molecule has 0 saturated heterocycles. The van der Waals surface area contributed by atoms with E-state index in [9.17, 15) is 0 Å². The van der Waals surface area contributed by atoms with Crippen molar-refractivity contribution in [2.45, 2.75) is 0 Å². The van der Waals surface area contributed by atoms with Crippen molar-refractivity contribution in [2.24, 2.45) is 0 Å². The van der Waals surface area contributed by atoms with Gasteiger partial charge in [-0.25, -0.2) is 0 Å². The predicted octanol–water partition coefficient (Wildman–Crippen LogP) is 0.960.